The molecule has 0 aromatic heterocycles. The number of benzene rings is 1. The van der Waals surface area contributed by atoms with Gasteiger partial charge in [0.25, 0.3) is 0 Å². The van der Waals surface area contributed by atoms with Gasteiger partial charge in [-0.2, -0.15) is 0 Å². The molecule has 0 bridgehead atoms. The summed E-state index contributed by atoms with van der Waals surface area (Å²) in [5, 5.41) is 2.86. The van der Waals surface area contributed by atoms with Crippen LogP contribution in [-0.2, 0) is 20.3 Å². The highest BCUT2D eigenvalue weighted by Gasteiger charge is 2.11. The van der Waals surface area contributed by atoms with Crippen molar-refractivity contribution >= 4 is 43.4 Å². The van der Waals surface area contributed by atoms with Crippen LogP contribution in [0.1, 0.15) is 11.1 Å². The maximum absolute atomic E-state index is 10.8. The first-order valence-corrected chi connectivity index (χ1v) is 7.61. The van der Waals surface area contributed by atoms with Crippen LogP contribution in [0.15, 0.2) is 12.1 Å². The molecule has 1 aromatic rings. The lowest BCUT2D eigenvalue weighted by Crippen LogP contribution is -2.04. The Balaban J connectivity index is 2.96. The highest BCUT2D eigenvalue weighted by molar-refractivity contribution is 8.13. The zero-order chi connectivity index (χ0) is 13.1. The van der Waals surface area contributed by atoms with Crippen molar-refractivity contribution in [1.29, 1.82) is 0 Å². The summed E-state index contributed by atoms with van der Waals surface area (Å²) in [7, 11) is 1.62. The zero-order valence-corrected chi connectivity index (χ0v) is 11.4. The number of carbonyl (C=O) groups is 1. The van der Waals surface area contributed by atoms with Crippen molar-refractivity contribution in [1.82, 2.24) is 0 Å². The molecule has 0 radical (unpaired) electrons. The van der Waals surface area contributed by atoms with Crippen molar-refractivity contribution in [2.75, 3.05) is 11.1 Å². The standard InChI is InChI=1S/C10H11Cl2NO3S/c1-7-8(4-5-17(12,15)16)2-3-9(10(7)11)13-6-14/h2-3,6H,4-5H2,1H3,(H,13,14). The third-order valence-corrected chi connectivity index (χ3v) is 3.97. The van der Waals surface area contributed by atoms with Crippen LogP contribution in [0.25, 0.3) is 0 Å². The first-order valence-electron chi connectivity index (χ1n) is 4.75. The van der Waals surface area contributed by atoms with E-state index in [9.17, 15) is 13.2 Å². The normalized spacial score (nSPS) is 11.2. The Morgan fingerprint density at radius 3 is 2.59 bits per heavy atom. The molecule has 0 unspecified atom stereocenters. The second kappa shape index (κ2) is 5.71. The van der Waals surface area contributed by atoms with E-state index in [1.54, 1.807) is 19.1 Å². The molecule has 94 valence electrons. The van der Waals surface area contributed by atoms with Crippen LogP contribution in [0.3, 0.4) is 0 Å². The van der Waals surface area contributed by atoms with E-state index < -0.39 is 9.05 Å². The molecule has 1 amide bonds. The van der Waals surface area contributed by atoms with Crippen molar-refractivity contribution in [2.45, 2.75) is 13.3 Å². The molecule has 1 N–H and O–H groups in total. The fourth-order valence-electron chi connectivity index (χ4n) is 1.40. The van der Waals surface area contributed by atoms with Crippen molar-refractivity contribution in [3.8, 4) is 0 Å². The second-order valence-corrected chi connectivity index (χ2v) is 6.74. The van der Waals surface area contributed by atoms with Crippen LogP contribution in [0, 0.1) is 6.92 Å². The van der Waals surface area contributed by atoms with E-state index in [0.717, 1.165) is 11.1 Å². The molecule has 7 heteroatoms. The number of nitrogens with one attached hydrogen (secondary N) is 1. The molecule has 0 spiro atoms. The summed E-state index contributed by atoms with van der Waals surface area (Å²) in [6.45, 7) is 1.76. The van der Waals surface area contributed by atoms with Gasteiger partial charge in [-0.1, -0.05) is 17.7 Å². The van der Waals surface area contributed by atoms with Crippen LogP contribution in [-0.4, -0.2) is 20.6 Å². The summed E-state index contributed by atoms with van der Waals surface area (Å²) in [5.74, 6) is -0.147. The first kappa shape index (κ1) is 14.3. The summed E-state index contributed by atoms with van der Waals surface area (Å²) in [6.07, 6.45) is 0.822. The Kier molecular flexibility index (Phi) is 4.80. The first-order chi connectivity index (χ1) is 7.85. The Hall–Kier alpha value is -0.780. The van der Waals surface area contributed by atoms with Gasteiger partial charge in [-0.25, -0.2) is 8.42 Å². The highest BCUT2D eigenvalue weighted by atomic mass is 35.7. The number of carbonyl (C=O) groups excluding carboxylic acids is 1. The molecule has 0 atom stereocenters. The molecule has 0 aliphatic heterocycles. The van der Waals surface area contributed by atoms with Gasteiger partial charge in [-0.05, 0) is 30.5 Å². The van der Waals surface area contributed by atoms with E-state index in [0.29, 0.717) is 23.5 Å². The number of hydrogen-bond acceptors (Lipinski definition) is 3. The van der Waals surface area contributed by atoms with E-state index >= 15 is 0 Å². The monoisotopic (exact) mass is 295 g/mol. The van der Waals surface area contributed by atoms with Gasteiger partial charge < -0.3 is 5.32 Å². The zero-order valence-electron chi connectivity index (χ0n) is 9.04. The second-order valence-electron chi connectivity index (χ2n) is 3.47. The lowest BCUT2D eigenvalue weighted by molar-refractivity contribution is -0.105. The largest absolute Gasteiger partial charge is 0.327 e. The number of hydrogen-bond donors (Lipinski definition) is 1. The Labute approximate surface area is 109 Å². The quantitative estimate of drug-likeness (QED) is 0.670. The van der Waals surface area contributed by atoms with Gasteiger partial charge in [0.2, 0.25) is 15.5 Å². The molecule has 1 rings (SSSR count). The topological polar surface area (TPSA) is 63.2 Å². The van der Waals surface area contributed by atoms with Crippen molar-refractivity contribution in [3.63, 3.8) is 0 Å². The van der Waals surface area contributed by atoms with E-state index in [1.807, 2.05) is 0 Å². The molecule has 0 aliphatic rings. The van der Waals surface area contributed by atoms with Gasteiger partial charge in [-0.3, -0.25) is 4.79 Å². The van der Waals surface area contributed by atoms with Gasteiger partial charge in [0.1, 0.15) is 0 Å². The van der Waals surface area contributed by atoms with Gasteiger partial charge in [0, 0.05) is 10.7 Å². The van der Waals surface area contributed by atoms with E-state index in [-0.39, 0.29) is 5.75 Å². The summed E-state index contributed by atoms with van der Waals surface area (Å²) in [5.41, 5.74) is 2.02. The smallest absolute Gasteiger partial charge is 0.232 e. The Morgan fingerprint density at radius 1 is 1.41 bits per heavy atom. The minimum absolute atomic E-state index is 0.147. The molecule has 0 heterocycles. The number of rotatable bonds is 5. The SMILES string of the molecule is Cc1c(CCS(=O)(=O)Cl)ccc(NC=O)c1Cl. The van der Waals surface area contributed by atoms with Crippen LogP contribution in [0.5, 0.6) is 0 Å². The lowest BCUT2D eigenvalue weighted by Gasteiger charge is -2.10. The van der Waals surface area contributed by atoms with Gasteiger partial charge >= 0.3 is 0 Å². The minimum Gasteiger partial charge on any atom is -0.327 e. The maximum Gasteiger partial charge on any atom is 0.232 e. The van der Waals surface area contributed by atoms with Gasteiger partial charge in [-0.15, -0.1) is 0 Å². The fraction of sp³-hybridized carbons (Fsp3) is 0.300. The predicted octanol–water partition coefficient (Wildman–Crippen LogP) is 2.33. The lowest BCUT2D eigenvalue weighted by atomic mass is 10.1. The van der Waals surface area contributed by atoms with Crippen molar-refractivity contribution in [3.05, 3.63) is 28.3 Å². The van der Waals surface area contributed by atoms with Gasteiger partial charge in [0.15, 0.2) is 0 Å². The number of anilines is 1. The highest BCUT2D eigenvalue weighted by Crippen LogP contribution is 2.28. The summed E-state index contributed by atoms with van der Waals surface area (Å²) in [6, 6.07) is 3.34. The van der Waals surface area contributed by atoms with Crippen LogP contribution < -0.4 is 5.32 Å². The molecule has 4 nitrogen and oxygen atoms in total. The van der Waals surface area contributed by atoms with E-state index in [4.69, 9.17) is 22.3 Å². The molecule has 0 saturated heterocycles. The molecule has 1 aromatic carbocycles. The van der Waals surface area contributed by atoms with E-state index in [2.05, 4.69) is 5.32 Å². The number of amides is 1. The predicted molar refractivity (Wildman–Crippen MR) is 69.2 cm³/mol. The maximum atomic E-state index is 10.8. The third kappa shape index (κ3) is 4.18. The minimum atomic E-state index is -3.51. The van der Waals surface area contributed by atoms with Crippen molar-refractivity contribution in [2.24, 2.45) is 0 Å². The van der Waals surface area contributed by atoms with Crippen LogP contribution in [0.2, 0.25) is 5.02 Å². The summed E-state index contributed by atoms with van der Waals surface area (Å²) >= 11 is 6.02. The molecule has 0 fully saturated rings. The van der Waals surface area contributed by atoms with Crippen LogP contribution in [0.4, 0.5) is 5.69 Å². The van der Waals surface area contributed by atoms with E-state index in [1.165, 1.54) is 0 Å². The van der Waals surface area contributed by atoms with Crippen molar-refractivity contribution < 1.29 is 13.2 Å². The average molecular weight is 296 g/mol. The molecule has 0 aliphatic carbocycles. The average Bonchev–Trinajstić information content (AvgIpc) is 2.23. The summed E-state index contributed by atoms with van der Waals surface area (Å²) in [4.78, 5) is 10.3. The fourth-order valence-corrected chi connectivity index (χ4v) is 2.34. The summed E-state index contributed by atoms with van der Waals surface area (Å²) < 4.78 is 21.7. The Bertz CT molecular complexity index is 529. The molecule has 0 saturated carbocycles. The molecule has 17 heavy (non-hydrogen) atoms. The third-order valence-electron chi connectivity index (χ3n) is 2.33. The molecular formula is C10H11Cl2NO3S. The molecular weight excluding hydrogens is 285 g/mol. The van der Waals surface area contributed by atoms with Crippen LogP contribution >= 0.6 is 22.3 Å². The van der Waals surface area contributed by atoms with Gasteiger partial charge in [0.05, 0.1) is 16.5 Å². The number of aryl methyl sites for hydroxylation is 1. The number of halogens is 2. The Morgan fingerprint density at radius 2 is 2.06 bits per heavy atom.